The molecule has 136 valence electrons. The molecule has 11 heteroatoms. The number of nitrogens with one attached hydrogen (secondary N) is 1. The maximum atomic E-state index is 12.1. The summed E-state index contributed by atoms with van der Waals surface area (Å²) in [4.78, 5) is 17.9. The molecule has 0 spiro atoms. The van der Waals surface area contributed by atoms with Crippen LogP contribution in [-0.4, -0.2) is 70.4 Å². The fraction of sp³-hybridized carbons (Fsp3) is 0.462. The summed E-state index contributed by atoms with van der Waals surface area (Å²) in [7, 11) is 3.55. The molecule has 0 aliphatic rings. The van der Waals surface area contributed by atoms with Gasteiger partial charge in [0.25, 0.3) is 5.69 Å². The molecule has 0 aliphatic carbocycles. The molecule has 0 fully saturated rings. The zero-order chi connectivity index (χ0) is 17.6. The Kier molecular flexibility index (Phi) is 9.14. The van der Waals surface area contributed by atoms with Crippen molar-refractivity contribution in [3.8, 4) is 0 Å². The van der Waals surface area contributed by atoms with Crippen LogP contribution in [0, 0.1) is 10.1 Å². The number of non-ortho nitro benzene ring substituents is 1. The van der Waals surface area contributed by atoms with Crippen molar-refractivity contribution < 1.29 is 13.3 Å². The molecule has 0 aromatic heterocycles. The van der Waals surface area contributed by atoms with Gasteiger partial charge >= 0.3 is 0 Å². The van der Waals surface area contributed by atoms with Gasteiger partial charge in [0.15, 0.2) is 5.96 Å². The first-order chi connectivity index (χ1) is 10.6. The van der Waals surface area contributed by atoms with Gasteiger partial charge < -0.3 is 9.80 Å². The highest BCUT2D eigenvalue weighted by Gasteiger charge is 2.17. The van der Waals surface area contributed by atoms with Crippen molar-refractivity contribution in [1.29, 1.82) is 0 Å². The van der Waals surface area contributed by atoms with E-state index in [9.17, 15) is 18.5 Å². The van der Waals surface area contributed by atoms with Crippen LogP contribution in [0.1, 0.15) is 0 Å². The molecule has 0 radical (unpaired) electrons. The maximum absolute atomic E-state index is 12.1. The third-order valence-corrected chi connectivity index (χ3v) is 4.25. The van der Waals surface area contributed by atoms with E-state index in [2.05, 4.69) is 9.71 Å². The van der Waals surface area contributed by atoms with E-state index in [-0.39, 0.29) is 47.6 Å². The summed E-state index contributed by atoms with van der Waals surface area (Å²) in [5.74, 6) is 0.708. The predicted octanol–water partition coefficient (Wildman–Crippen LogP) is 0.970. The molecule has 0 saturated carbocycles. The molecule has 0 amide bonds. The van der Waals surface area contributed by atoms with Crippen LogP contribution in [0.5, 0.6) is 0 Å². The number of aliphatic imine (C=N–C) groups is 1. The first kappa shape index (κ1) is 22.5. The number of nitro benzene ring substituents is 1. The van der Waals surface area contributed by atoms with Crippen LogP contribution in [0.15, 0.2) is 34.2 Å². The predicted molar refractivity (Wildman–Crippen MR) is 103 cm³/mol. The number of sulfonamides is 1. The van der Waals surface area contributed by atoms with Crippen LogP contribution in [-0.2, 0) is 10.0 Å². The summed E-state index contributed by atoms with van der Waals surface area (Å²) >= 11 is 0. The molecule has 0 atom stereocenters. The van der Waals surface area contributed by atoms with Crippen LogP contribution >= 0.6 is 24.0 Å². The highest BCUT2D eigenvalue weighted by Crippen LogP contribution is 2.16. The number of hydrogen-bond donors (Lipinski definition) is 1. The largest absolute Gasteiger partial charge is 0.349 e. The summed E-state index contributed by atoms with van der Waals surface area (Å²) in [6.45, 7) is 0.343. The highest BCUT2D eigenvalue weighted by atomic mass is 127. The van der Waals surface area contributed by atoms with E-state index in [1.54, 1.807) is 0 Å². The van der Waals surface area contributed by atoms with Gasteiger partial charge in [0.1, 0.15) is 0 Å². The Labute approximate surface area is 159 Å². The van der Waals surface area contributed by atoms with Gasteiger partial charge in [-0.2, -0.15) is 0 Å². The van der Waals surface area contributed by atoms with Gasteiger partial charge in [-0.3, -0.25) is 15.1 Å². The lowest BCUT2D eigenvalue weighted by atomic mass is 10.3. The van der Waals surface area contributed by atoms with Gasteiger partial charge in [0, 0.05) is 46.9 Å². The lowest BCUT2D eigenvalue weighted by molar-refractivity contribution is -0.385. The van der Waals surface area contributed by atoms with Crippen LogP contribution < -0.4 is 4.72 Å². The fourth-order valence-electron chi connectivity index (χ4n) is 1.87. The molecule has 0 aliphatic heterocycles. The Morgan fingerprint density at radius 1 is 1.25 bits per heavy atom. The molecular weight excluding hydrogens is 449 g/mol. The second-order valence-electron chi connectivity index (χ2n) is 5.12. The standard InChI is InChI=1S/C13H21N5O4S.HI/c1-16(2)13(17(3)4)14-8-9-15-23(21,22)12-7-5-6-11(10-12)18(19)20;/h5-7,10,15H,8-9H2,1-4H3;1H. The Morgan fingerprint density at radius 3 is 2.33 bits per heavy atom. The van der Waals surface area contributed by atoms with Crippen molar-refractivity contribution in [3.63, 3.8) is 0 Å². The van der Waals surface area contributed by atoms with E-state index < -0.39 is 14.9 Å². The average Bonchev–Trinajstić information content (AvgIpc) is 2.46. The SMILES string of the molecule is CN(C)C(=NCCNS(=O)(=O)c1cccc([N+](=O)[O-])c1)N(C)C.I. The molecule has 0 heterocycles. The first-order valence-corrected chi connectivity index (χ1v) is 8.26. The normalized spacial score (nSPS) is 10.5. The van der Waals surface area contributed by atoms with E-state index in [4.69, 9.17) is 0 Å². The van der Waals surface area contributed by atoms with Crippen LogP contribution in [0.3, 0.4) is 0 Å². The van der Waals surface area contributed by atoms with E-state index in [0.717, 1.165) is 6.07 Å². The van der Waals surface area contributed by atoms with Gasteiger partial charge in [-0.1, -0.05) is 6.07 Å². The van der Waals surface area contributed by atoms with E-state index in [1.807, 2.05) is 38.0 Å². The molecule has 0 saturated heterocycles. The van der Waals surface area contributed by atoms with Gasteiger partial charge in [-0.25, -0.2) is 13.1 Å². The first-order valence-electron chi connectivity index (χ1n) is 6.78. The second-order valence-corrected chi connectivity index (χ2v) is 6.89. The topological polar surface area (TPSA) is 108 Å². The summed E-state index contributed by atoms with van der Waals surface area (Å²) in [6, 6.07) is 4.91. The Bertz CT molecular complexity index is 681. The summed E-state index contributed by atoms with van der Waals surface area (Å²) < 4.78 is 26.6. The minimum atomic E-state index is -3.81. The maximum Gasteiger partial charge on any atom is 0.270 e. The number of halogens is 1. The number of nitrogens with zero attached hydrogens (tertiary/aromatic N) is 4. The average molecular weight is 471 g/mol. The van der Waals surface area contributed by atoms with Crippen LogP contribution in [0.25, 0.3) is 0 Å². The van der Waals surface area contributed by atoms with Crippen LogP contribution in [0.4, 0.5) is 5.69 Å². The molecular formula is C13H22IN5O4S. The zero-order valence-electron chi connectivity index (χ0n) is 14.0. The van der Waals surface area contributed by atoms with Crippen molar-refractivity contribution in [2.24, 2.45) is 4.99 Å². The Balaban J connectivity index is 0.00000529. The molecule has 1 aromatic rings. The van der Waals surface area contributed by atoms with Crippen LogP contribution in [0.2, 0.25) is 0 Å². The lowest BCUT2D eigenvalue weighted by Gasteiger charge is -2.22. The summed E-state index contributed by atoms with van der Waals surface area (Å²) in [5, 5.41) is 10.7. The molecule has 1 N–H and O–H groups in total. The summed E-state index contributed by atoms with van der Waals surface area (Å²) in [6.07, 6.45) is 0. The quantitative estimate of drug-likeness (QED) is 0.166. The third-order valence-electron chi connectivity index (χ3n) is 2.80. The Hall–Kier alpha value is -1.47. The van der Waals surface area contributed by atoms with Gasteiger partial charge in [-0.05, 0) is 6.07 Å². The molecule has 9 nitrogen and oxygen atoms in total. The van der Waals surface area contributed by atoms with Crippen molar-refractivity contribution in [3.05, 3.63) is 34.4 Å². The fourth-order valence-corrected chi connectivity index (χ4v) is 2.93. The highest BCUT2D eigenvalue weighted by molar-refractivity contribution is 14.0. The molecule has 1 rings (SSSR count). The van der Waals surface area contributed by atoms with E-state index in [0.29, 0.717) is 5.96 Å². The molecule has 0 bridgehead atoms. The Morgan fingerprint density at radius 2 is 1.83 bits per heavy atom. The second kappa shape index (κ2) is 9.74. The van der Waals surface area contributed by atoms with Crippen molar-refractivity contribution >= 4 is 45.6 Å². The molecule has 1 aromatic carbocycles. The van der Waals surface area contributed by atoms with Crippen molar-refractivity contribution in [2.75, 3.05) is 41.3 Å². The van der Waals surface area contributed by atoms with Crippen molar-refractivity contribution in [1.82, 2.24) is 14.5 Å². The third kappa shape index (κ3) is 6.57. The number of hydrogen-bond acceptors (Lipinski definition) is 5. The number of nitro groups is 1. The van der Waals surface area contributed by atoms with Gasteiger partial charge in [0.2, 0.25) is 10.0 Å². The number of rotatable bonds is 6. The minimum absolute atomic E-state index is 0. The van der Waals surface area contributed by atoms with Gasteiger partial charge in [0.05, 0.1) is 16.4 Å². The zero-order valence-corrected chi connectivity index (χ0v) is 17.1. The van der Waals surface area contributed by atoms with Crippen molar-refractivity contribution in [2.45, 2.75) is 4.90 Å². The van der Waals surface area contributed by atoms with E-state index >= 15 is 0 Å². The number of benzene rings is 1. The molecule has 24 heavy (non-hydrogen) atoms. The van der Waals surface area contributed by atoms with E-state index in [1.165, 1.54) is 18.2 Å². The van der Waals surface area contributed by atoms with Gasteiger partial charge in [-0.15, -0.1) is 24.0 Å². The lowest BCUT2D eigenvalue weighted by Crippen LogP contribution is -2.36. The summed E-state index contributed by atoms with van der Waals surface area (Å²) in [5.41, 5.74) is -0.270. The monoisotopic (exact) mass is 471 g/mol. The smallest absolute Gasteiger partial charge is 0.270 e. The number of guanidine groups is 1. The molecule has 0 unspecified atom stereocenters. The minimum Gasteiger partial charge on any atom is -0.349 e.